The number of para-hydroxylation sites is 2. The number of hydrogen-bond donors (Lipinski definition) is 0. The fourth-order valence-electron chi connectivity index (χ4n) is 5.10. The van der Waals surface area contributed by atoms with Gasteiger partial charge in [-0.1, -0.05) is 73.2 Å². The number of carbonyl (C=O) groups is 1. The van der Waals surface area contributed by atoms with E-state index in [1.165, 1.54) is 12.0 Å². The van der Waals surface area contributed by atoms with E-state index in [9.17, 15) is 4.79 Å². The Labute approximate surface area is 208 Å². The second-order valence-electron chi connectivity index (χ2n) is 9.18. The molecule has 1 fully saturated rings. The SMILES string of the molecule is Cl.O=C(CCCCCN1CCN(Cc2ccccc2)CC1)n1c2ccccc2c2ccccc21. The number of aromatic nitrogens is 1. The van der Waals surface area contributed by atoms with Crippen LogP contribution in [0.15, 0.2) is 78.9 Å². The molecule has 1 aromatic heterocycles. The van der Waals surface area contributed by atoms with E-state index in [0.29, 0.717) is 6.42 Å². The van der Waals surface area contributed by atoms with Crippen molar-refractivity contribution in [2.75, 3.05) is 32.7 Å². The van der Waals surface area contributed by atoms with E-state index in [1.807, 2.05) is 28.8 Å². The minimum atomic E-state index is 0. The van der Waals surface area contributed by atoms with Crippen LogP contribution in [0, 0.1) is 0 Å². The molecular weight excluding hydrogens is 442 g/mol. The average molecular weight is 476 g/mol. The summed E-state index contributed by atoms with van der Waals surface area (Å²) in [5.74, 6) is 0.210. The number of carbonyl (C=O) groups excluding carboxylic acids is 1. The average Bonchev–Trinajstić information content (AvgIpc) is 3.20. The zero-order chi connectivity index (χ0) is 22.5. The van der Waals surface area contributed by atoms with Crippen molar-refractivity contribution in [3.8, 4) is 0 Å². The summed E-state index contributed by atoms with van der Waals surface area (Å²) in [7, 11) is 0. The maximum Gasteiger partial charge on any atom is 0.231 e. The molecule has 0 unspecified atom stereocenters. The maximum absolute atomic E-state index is 13.1. The summed E-state index contributed by atoms with van der Waals surface area (Å²) in [6.45, 7) is 6.77. The van der Waals surface area contributed by atoms with Crippen LogP contribution in [0.1, 0.15) is 36.0 Å². The Kier molecular flexibility index (Phi) is 8.39. The highest BCUT2D eigenvalue weighted by molar-refractivity contribution is 6.13. The molecule has 34 heavy (non-hydrogen) atoms. The second kappa shape index (κ2) is 11.7. The van der Waals surface area contributed by atoms with Crippen molar-refractivity contribution in [3.63, 3.8) is 0 Å². The largest absolute Gasteiger partial charge is 0.301 e. The summed E-state index contributed by atoms with van der Waals surface area (Å²) in [6.07, 6.45) is 3.83. The standard InChI is InChI=1S/C29H33N3O.ClH/c33-29(32-27-15-8-6-13-25(27)26-14-7-9-16-28(26)32)17-5-2-10-18-30-19-21-31(22-20-30)23-24-11-3-1-4-12-24;/h1,3-4,6-9,11-16H,2,5,10,17-23H2;1H. The topological polar surface area (TPSA) is 28.5 Å². The fourth-order valence-corrected chi connectivity index (χ4v) is 5.10. The van der Waals surface area contributed by atoms with Gasteiger partial charge in [0, 0.05) is 49.9 Å². The Morgan fingerprint density at radius 3 is 1.85 bits per heavy atom. The first kappa shape index (κ1) is 24.5. The van der Waals surface area contributed by atoms with Crippen LogP contribution in [0.2, 0.25) is 0 Å². The lowest BCUT2D eigenvalue weighted by molar-refractivity contribution is 0.0907. The molecule has 4 nitrogen and oxygen atoms in total. The van der Waals surface area contributed by atoms with E-state index < -0.39 is 0 Å². The Morgan fingerprint density at radius 1 is 0.647 bits per heavy atom. The number of nitrogens with zero attached hydrogens (tertiary/aromatic N) is 3. The van der Waals surface area contributed by atoms with Gasteiger partial charge in [0.1, 0.15) is 0 Å². The van der Waals surface area contributed by atoms with Gasteiger partial charge in [-0.05, 0) is 37.1 Å². The summed E-state index contributed by atoms with van der Waals surface area (Å²) in [6, 6.07) is 27.2. The van der Waals surface area contributed by atoms with Crippen molar-refractivity contribution in [2.24, 2.45) is 0 Å². The molecule has 0 spiro atoms. The van der Waals surface area contributed by atoms with E-state index in [1.54, 1.807) is 0 Å². The van der Waals surface area contributed by atoms with Gasteiger partial charge < -0.3 is 4.90 Å². The third-order valence-corrected chi connectivity index (χ3v) is 6.91. The quantitative estimate of drug-likeness (QED) is 0.282. The molecule has 5 rings (SSSR count). The number of benzene rings is 3. The minimum absolute atomic E-state index is 0. The molecule has 0 N–H and O–H groups in total. The molecule has 5 heteroatoms. The lowest BCUT2D eigenvalue weighted by Gasteiger charge is -2.34. The van der Waals surface area contributed by atoms with Gasteiger partial charge in [0.2, 0.25) is 5.91 Å². The van der Waals surface area contributed by atoms with Gasteiger partial charge in [-0.25, -0.2) is 0 Å². The van der Waals surface area contributed by atoms with Gasteiger partial charge in [-0.2, -0.15) is 0 Å². The highest BCUT2D eigenvalue weighted by Crippen LogP contribution is 2.29. The molecule has 0 atom stereocenters. The molecule has 1 saturated heterocycles. The normalized spacial score (nSPS) is 14.9. The van der Waals surface area contributed by atoms with Crippen molar-refractivity contribution in [2.45, 2.75) is 32.2 Å². The molecule has 178 valence electrons. The first-order valence-electron chi connectivity index (χ1n) is 12.3. The van der Waals surface area contributed by atoms with Gasteiger partial charge in [-0.3, -0.25) is 14.3 Å². The third kappa shape index (κ3) is 5.52. The smallest absolute Gasteiger partial charge is 0.231 e. The van der Waals surface area contributed by atoms with E-state index in [4.69, 9.17) is 0 Å². The first-order valence-corrected chi connectivity index (χ1v) is 12.3. The van der Waals surface area contributed by atoms with Gasteiger partial charge in [-0.15, -0.1) is 12.4 Å². The Hall–Kier alpha value is -2.66. The van der Waals surface area contributed by atoms with E-state index in [-0.39, 0.29) is 18.3 Å². The van der Waals surface area contributed by atoms with Crippen molar-refractivity contribution in [1.29, 1.82) is 0 Å². The highest BCUT2D eigenvalue weighted by Gasteiger charge is 2.17. The predicted octanol–water partition coefficient (Wildman–Crippen LogP) is 6.23. The van der Waals surface area contributed by atoms with Crippen LogP contribution in [0.3, 0.4) is 0 Å². The molecule has 0 saturated carbocycles. The molecule has 0 aliphatic carbocycles. The first-order chi connectivity index (χ1) is 16.3. The summed E-state index contributed by atoms with van der Waals surface area (Å²) in [4.78, 5) is 18.3. The van der Waals surface area contributed by atoms with Crippen molar-refractivity contribution < 1.29 is 4.79 Å². The van der Waals surface area contributed by atoms with Crippen LogP contribution in [0.4, 0.5) is 0 Å². The Bertz CT molecular complexity index is 1160. The van der Waals surface area contributed by atoms with Crippen LogP contribution in [-0.4, -0.2) is 53.0 Å². The van der Waals surface area contributed by atoms with E-state index in [2.05, 4.69) is 64.4 Å². The molecule has 0 amide bonds. The van der Waals surface area contributed by atoms with Crippen LogP contribution in [0.25, 0.3) is 21.8 Å². The molecule has 2 heterocycles. The monoisotopic (exact) mass is 475 g/mol. The summed E-state index contributed by atoms with van der Waals surface area (Å²) in [5, 5.41) is 2.32. The maximum atomic E-state index is 13.1. The van der Waals surface area contributed by atoms with Crippen LogP contribution >= 0.6 is 12.4 Å². The van der Waals surface area contributed by atoms with Crippen molar-refractivity contribution in [3.05, 3.63) is 84.4 Å². The van der Waals surface area contributed by atoms with Gasteiger partial charge >= 0.3 is 0 Å². The number of unbranched alkanes of at least 4 members (excludes halogenated alkanes) is 2. The zero-order valence-corrected chi connectivity index (χ0v) is 20.6. The molecular formula is C29H34ClN3O. The van der Waals surface area contributed by atoms with Crippen molar-refractivity contribution in [1.82, 2.24) is 14.4 Å². The lowest BCUT2D eigenvalue weighted by atomic mass is 10.1. The van der Waals surface area contributed by atoms with E-state index >= 15 is 0 Å². The highest BCUT2D eigenvalue weighted by atomic mass is 35.5. The Morgan fingerprint density at radius 2 is 1.21 bits per heavy atom. The molecule has 1 aliphatic rings. The summed E-state index contributed by atoms with van der Waals surface area (Å²) >= 11 is 0. The van der Waals surface area contributed by atoms with Crippen LogP contribution in [-0.2, 0) is 6.54 Å². The number of halogens is 1. The Balaban J connectivity index is 0.00000274. The van der Waals surface area contributed by atoms with Crippen molar-refractivity contribution >= 4 is 40.1 Å². The van der Waals surface area contributed by atoms with Gasteiger partial charge in [0.15, 0.2) is 0 Å². The van der Waals surface area contributed by atoms with E-state index in [0.717, 1.165) is 73.9 Å². The predicted molar refractivity (Wildman–Crippen MR) is 144 cm³/mol. The molecule has 4 aromatic rings. The summed E-state index contributed by atoms with van der Waals surface area (Å²) < 4.78 is 1.93. The fraction of sp³-hybridized carbons (Fsp3) is 0.345. The number of rotatable bonds is 8. The van der Waals surface area contributed by atoms with Gasteiger partial charge in [0.05, 0.1) is 11.0 Å². The number of piperazine rings is 1. The zero-order valence-electron chi connectivity index (χ0n) is 19.7. The summed E-state index contributed by atoms with van der Waals surface area (Å²) in [5.41, 5.74) is 3.45. The number of hydrogen-bond acceptors (Lipinski definition) is 3. The minimum Gasteiger partial charge on any atom is -0.301 e. The molecule has 3 aromatic carbocycles. The second-order valence-corrected chi connectivity index (χ2v) is 9.18. The van der Waals surface area contributed by atoms with Gasteiger partial charge in [0.25, 0.3) is 0 Å². The molecule has 0 bridgehead atoms. The molecule has 1 aliphatic heterocycles. The third-order valence-electron chi connectivity index (χ3n) is 6.91. The van der Waals surface area contributed by atoms with Crippen LogP contribution in [0.5, 0.6) is 0 Å². The number of fused-ring (bicyclic) bond motifs is 3. The van der Waals surface area contributed by atoms with Crippen LogP contribution < -0.4 is 0 Å². The lowest BCUT2D eigenvalue weighted by Crippen LogP contribution is -2.46. The molecule has 0 radical (unpaired) electrons.